The van der Waals surface area contributed by atoms with Crippen LogP contribution in [-0.4, -0.2) is 23.8 Å². The molecular weight excluding hydrogens is 442 g/mol. The van der Waals surface area contributed by atoms with Gasteiger partial charge in [-0.1, -0.05) is 23.5 Å². The fourth-order valence-electron chi connectivity index (χ4n) is 3.45. The van der Waals surface area contributed by atoms with Crippen molar-refractivity contribution in [2.24, 2.45) is 4.99 Å². The third kappa shape index (κ3) is 4.13. The molecule has 0 aliphatic carbocycles. The summed E-state index contributed by atoms with van der Waals surface area (Å²) in [6.45, 7) is 0.535. The van der Waals surface area contributed by atoms with E-state index in [0.717, 1.165) is 0 Å². The molecule has 1 aromatic carbocycles. The van der Waals surface area contributed by atoms with Gasteiger partial charge in [0.2, 0.25) is 0 Å². The maximum atomic E-state index is 13.3. The topological polar surface area (TPSA) is 83.0 Å². The van der Waals surface area contributed by atoms with Crippen LogP contribution in [0.5, 0.6) is 5.75 Å². The highest BCUT2D eigenvalue weighted by molar-refractivity contribution is 7.07. The van der Waals surface area contributed by atoms with Crippen LogP contribution in [-0.2, 0) is 9.53 Å². The van der Waals surface area contributed by atoms with Gasteiger partial charge in [-0.3, -0.25) is 9.36 Å². The summed E-state index contributed by atoms with van der Waals surface area (Å²) >= 11 is 1.18. The number of rotatable bonds is 6. The van der Waals surface area contributed by atoms with Crippen LogP contribution >= 0.6 is 11.3 Å². The molecule has 0 saturated carbocycles. The molecule has 0 spiro atoms. The van der Waals surface area contributed by atoms with E-state index in [4.69, 9.17) is 9.15 Å². The molecule has 1 unspecified atom stereocenters. The van der Waals surface area contributed by atoms with Crippen molar-refractivity contribution < 1.29 is 27.5 Å². The minimum atomic E-state index is -2.96. The maximum absolute atomic E-state index is 13.3. The summed E-state index contributed by atoms with van der Waals surface area (Å²) in [6, 6.07) is 6.67. The Kier molecular flexibility index (Phi) is 6.04. The molecule has 4 rings (SSSR count). The molecule has 166 valence electrons. The summed E-state index contributed by atoms with van der Waals surface area (Å²) in [4.78, 5) is 31.0. The van der Waals surface area contributed by atoms with Crippen LogP contribution in [0.15, 0.2) is 68.3 Å². The normalized spacial score (nSPS) is 16.2. The van der Waals surface area contributed by atoms with Gasteiger partial charge in [0.25, 0.3) is 5.56 Å². The Balaban J connectivity index is 1.89. The Morgan fingerprint density at radius 2 is 2.06 bits per heavy atom. The van der Waals surface area contributed by atoms with Crippen molar-refractivity contribution in [1.82, 2.24) is 4.57 Å². The van der Waals surface area contributed by atoms with E-state index in [1.807, 2.05) is 0 Å². The van der Waals surface area contributed by atoms with E-state index in [0.29, 0.717) is 26.2 Å². The van der Waals surface area contributed by atoms with Crippen molar-refractivity contribution in [3.63, 3.8) is 0 Å². The first-order chi connectivity index (χ1) is 15.4. The number of nitrogens with zero attached hydrogens (tertiary/aromatic N) is 2. The van der Waals surface area contributed by atoms with Crippen LogP contribution in [0.25, 0.3) is 6.08 Å². The monoisotopic (exact) mass is 460 g/mol. The molecule has 7 nitrogen and oxygen atoms in total. The highest BCUT2D eigenvalue weighted by atomic mass is 32.1. The predicted molar refractivity (Wildman–Crippen MR) is 112 cm³/mol. The molecule has 3 aromatic rings. The average Bonchev–Trinajstić information content (AvgIpc) is 3.36. The molecule has 1 aliphatic heterocycles. The fourth-order valence-corrected chi connectivity index (χ4v) is 4.49. The summed E-state index contributed by atoms with van der Waals surface area (Å²) in [5.74, 6) is -0.634. The summed E-state index contributed by atoms with van der Waals surface area (Å²) in [7, 11) is 0. The number of esters is 1. The van der Waals surface area contributed by atoms with E-state index in [1.54, 1.807) is 26.0 Å². The lowest BCUT2D eigenvalue weighted by molar-refractivity contribution is -0.139. The minimum Gasteiger partial charge on any atom is -0.472 e. The van der Waals surface area contributed by atoms with Crippen molar-refractivity contribution in [3.05, 3.63) is 84.9 Å². The Labute approximate surface area is 184 Å². The van der Waals surface area contributed by atoms with E-state index in [2.05, 4.69) is 9.73 Å². The zero-order chi connectivity index (χ0) is 22.8. The Morgan fingerprint density at radius 1 is 1.31 bits per heavy atom. The summed E-state index contributed by atoms with van der Waals surface area (Å²) in [5, 5.41) is 0. The van der Waals surface area contributed by atoms with Crippen molar-refractivity contribution in [2.75, 3.05) is 6.61 Å². The fraction of sp³-hybridized carbons (Fsp3) is 0.227. The van der Waals surface area contributed by atoms with Crippen LogP contribution in [0, 0.1) is 0 Å². The zero-order valence-corrected chi connectivity index (χ0v) is 17.9. The molecular formula is C22H18F2N2O5S. The highest BCUT2D eigenvalue weighted by Crippen LogP contribution is 2.31. The van der Waals surface area contributed by atoms with E-state index in [9.17, 15) is 18.4 Å². The highest BCUT2D eigenvalue weighted by Gasteiger charge is 2.33. The van der Waals surface area contributed by atoms with E-state index < -0.39 is 18.6 Å². The van der Waals surface area contributed by atoms with Gasteiger partial charge in [-0.25, -0.2) is 9.79 Å². The minimum absolute atomic E-state index is 0.0329. The predicted octanol–water partition coefficient (Wildman–Crippen LogP) is 2.99. The zero-order valence-electron chi connectivity index (χ0n) is 17.1. The van der Waals surface area contributed by atoms with E-state index >= 15 is 0 Å². The number of benzene rings is 1. The van der Waals surface area contributed by atoms with Crippen LogP contribution < -0.4 is 19.6 Å². The number of carbonyl (C=O) groups is 1. The van der Waals surface area contributed by atoms with Gasteiger partial charge in [-0.2, -0.15) is 8.78 Å². The molecule has 1 aliphatic rings. The van der Waals surface area contributed by atoms with Gasteiger partial charge >= 0.3 is 12.6 Å². The van der Waals surface area contributed by atoms with Crippen LogP contribution in [0.4, 0.5) is 8.78 Å². The number of aromatic nitrogens is 1. The van der Waals surface area contributed by atoms with Gasteiger partial charge in [0.1, 0.15) is 5.75 Å². The number of hydrogen-bond acceptors (Lipinski definition) is 7. The lowest BCUT2D eigenvalue weighted by Gasteiger charge is -2.24. The number of furan rings is 1. The number of hydrogen-bond donors (Lipinski definition) is 0. The number of alkyl halides is 2. The standard InChI is InChI=1S/C22H18F2N2O5S/c1-3-30-20(28)17-12(2)25-22-26(19(27)16(32-22)10-13-8-9-29-11-13)18(17)14-4-6-15(7-5-14)31-21(23)24/h4-11,18,21H,3H2,1-2H3/b16-10+. The van der Waals surface area contributed by atoms with Crippen LogP contribution in [0.1, 0.15) is 31.0 Å². The summed E-state index contributed by atoms with van der Waals surface area (Å²) in [6.07, 6.45) is 4.68. The molecule has 0 saturated heterocycles. The number of ether oxygens (including phenoxy) is 2. The molecule has 0 N–H and O–H groups in total. The first-order valence-electron chi connectivity index (χ1n) is 9.65. The largest absolute Gasteiger partial charge is 0.472 e. The molecule has 1 atom stereocenters. The molecule has 0 fully saturated rings. The Morgan fingerprint density at radius 3 is 2.69 bits per heavy atom. The second-order valence-electron chi connectivity index (χ2n) is 6.81. The van der Waals surface area contributed by atoms with Crippen molar-refractivity contribution in [2.45, 2.75) is 26.5 Å². The van der Waals surface area contributed by atoms with Gasteiger partial charge in [0, 0.05) is 5.56 Å². The maximum Gasteiger partial charge on any atom is 0.387 e. The lowest BCUT2D eigenvalue weighted by Crippen LogP contribution is -2.39. The summed E-state index contributed by atoms with van der Waals surface area (Å²) in [5.41, 5.74) is 1.51. The number of halogens is 2. The van der Waals surface area contributed by atoms with Gasteiger partial charge in [0.05, 0.1) is 41.0 Å². The van der Waals surface area contributed by atoms with E-state index in [1.165, 1.54) is 52.7 Å². The first-order valence-corrected chi connectivity index (χ1v) is 10.5. The van der Waals surface area contributed by atoms with Crippen molar-refractivity contribution in [3.8, 4) is 5.75 Å². The molecule has 10 heteroatoms. The smallest absolute Gasteiger partial charge is 0.387 e. The quantitative estimate of drug-likeness (QED) is 0.528. The van der Waals surface area contributed by atoms with Crippen LogP contribution in [0.2, 0.25) is 0 Å². The lowest BCUT2D eigenvalue weighted by atomic mass is 9.96. The van der Waals surface area contributed by atoms with Crippen molar-refractivity contribution in [1.29, 1.82) is 0 Å². The Bertz CT molecular complexity index is 1340. The average molecular weight is 460 g/mol. The molecule has 0 bridgehead atoms. The number of allylic oxidation sites excluding steroid dienone is 1. The SMILES string of the molecule is CCOC(=O)C1=C(C)N=c2s/c(=C/c3ccoc3)c(=O)n2C1c1ccc(OC(F)F)cc1. The van der Waals surface area contributed by atoms with Gasteiger partial charge in [-0.05, 0) is 43.7 Å². The molecule has 2 aromatic heterocycles. The molecule has 0 radical (unpaired) electrons. The van der Waals surface area contributed by atoms with Gasteiger partial charge in [-0.15, -0.1) is 0 Å². The van der Waals surface area contributed by atoms with Gasteiger partial charge in [0.15, 0.2) is 4.80 Å². The third-order valence-electron chi connectivity index (χ3n) is 4.78. The van der Waals surface area contributed by atoms with Crippen LogP contribution in [0.3, 0.4) is 0 Å². The summed E-state index contributed by atoms with van der Waals surface area (Å²) < 4.78 is 41.6. The first kappa shape index (κ1) is 21.7. The third-order valence-corrected chi connectivity index (χ3v) is 5.76. The number of fused-ring (bicyclic) bond motifs is 1. The van der Waals surface area contributed by atoms with E-state index in [-0.39, 0.29) is 23.5 Å². The second kappa shape index (κ2) is 8.91. The number of carbonyl (C=O) groups excluding carboxylic acids is 1. The number of thiazole rings is 1. The Hall–Kier alpha value is -3.53. The molecule has 32 heavy (non-hydrogen) atoms. The van der Waals surface area contributed by atoms with Gasteiger partial charge < -0.3 is 13.9 Å². The molecule has 0 amide bonds. The van der Waals surface area contributed by atoms with Crippen molar-refractivity contribution >= 4 is 23.4 Å². The second-order valence-corrected chi connectivity index (χ2v) is 7.82. The molecule has 3 heterocycles.